The van der Waals surface area contributed by atoms with Crippen molar-refractivity contribution >= 4 is 23.3 Å². The van der Waals surface area contributed by atoms with Crippen molar-refractivity contribution in [2.45, 2.75) is 26.7 Å². The van der Waals surface area contributed by atoms with Gasteiger partial charge in [-0.1, -0.05) is 17.7 Å². The van der Waals surface area contributed by atoms with E-state index in [1.807, 2.05) is 32.0 Å². The minimum atomic E-state index is -0.690. The van der Waals surface area contributed by atoms with Gasteiger partial charge in [0.2, 0.25) is 0 Å². The lowest BCUT2D eigenvalue weighted by Gasteiger charge is -2.38. The fraction of sp³-hybridized carbons (Fsp3) is 0.500. The molecular formula is C14H18ClNO2. The van der Waals surface area contributed by atoms with Gasteiger partial charge in [-0.3, -0.25) is 4.79 Å². The first-order chi connectivity index (χ1) is 8.44. The average Bonchev–Trinajstić information content (AvgIpc) is 2.34. The zero-order chi connectivity index (χ0) is 13.3. The number of benzene rings is 1. The molecule has 1 saturated heterocycles. The maximum Gasteiger partial charge on any atom is 0.309 e. The summed E-state index contributed by atoms with van der Waals surface area (Å²) < 4.78 is 0. The van der Waals surface area contributed by atoms with Crippen LogP contribution in [0.25, 0.3) is 0 Å². The molecule has 98 valence electrons. The highest BCUT2D eigenvalue weighted by Gasteiger charge is 2.37. The van der Waals surface area contributed by atoms with Crippen molar-refractivity contribution in [3.05, 3.63) is 28.8 Å². The van der Waals surface area contributed by atoms with Crippen molar-refractivity contribution < 1.29 is 9.90 Å². The van der Waals surface area contributed by atoms with Crippen molar-refractivity contribution in [3.63, 3.8) is 0 Å². The van der Waals surface area contributed by atoms with E-state index >= 15 is 0 Å². The molecule has 0 saturated carbocycles. The monoisotopic (exact) mass is 267 g/mol. The molecule has 0 atom stereocenters. The van der Waals surface area contributed by atoms with E-state index in [4.69, 9.17) is 11.6 Å². The number of carboxylic acids is 1. The summed E-state index contributed by atoms with van der Waals surface area (Å²) in [7, 11) is 0. The summed E-state index contributed by atoms with van der Waals surface area (Å²) in [5.41, 5.74) is 1.61. The Balaban J connectivity index is 2.15. The maximum atomic E-state index is 11.2. The Labute approximate surface area is 112 Å². The molecule has 1 aromatic carbocycles. The minimum absolute atomic E-state index is 0.580. The Morgan fingerprint density at radius 3 is 2.56 bits per heavy atom. The van der Waals surface area contributed by atoms with Gasteiger partial charge in [-0.25, -0.2) is 0 Å². The van der Waals surface area contributed by atoms with Crippen LogP contribution in [0.4, 0.5) is 5.69 Å². The third-order valence-electron chi connectivity index (χ3n) is 3.96. The quantitative estimate of drug-likeness (QED) is 0.893. The number of anilines is 1. The molecule has 1 aliphatic rings. The predicted molar refractivity (Wildman–Crippen MR) is 73.4 cm³/mol. The second kappa shape index (κ2) is 4.81. The van der Waals surface area contributed by atoms with Crippen LogP contribution in [-0.2, 0) is 4.79 Å². The summed E-state index contributed by atoms with van der Waals surface area (Å²) in [5, 5.41) is 9.98. The van der Waals surface area contributed by atoms with E-state index in [1.54, 1.807) is 0 Å². The number of halogens is 1. The molecule has 0 spiro atoms. The SMILES string of the molecule is Cc1c(Cl)cccc1N1CCC(C)(C(=O)O)CC1. The smallest absolute Gasteiger partial charge is 0.309 e. The number of hydrogen-bond acceptors (Lipinski definition) is 2. The first-order valence-corrected chi connectivity index (χ1v) is 6.55. The first kappa shape index (κ1) is 13.2. The van der Waals surface area contributed by atoms with E-state index in [1.165, 1.54) is 0 Å². The zero-order valence-corrected chi connectivity index (χ0v) is 11.5. The van der Waals surface area contributed by atoms with Gasteiger partial charge in [0.1, 0.15) is 0 Å². The molecule has 1 aromatic rings. The minimum Gasteiger partial charge on any atom is -0.481 e. The maximum absolute atomic E-state index is 11.2. The van der Waals surface area contributed by atoms with Crippen molar-refractivity contribution in [1.82, 2.24) is 0 Å². The highest BCUT2D eigenvalue weighted by Crippen LogP contribution is 2.35. The van der Waals surface area contributed by atoms with Crippen molar-refractivity contribution in [2.75, 3.05) is 18.0 Å². The number of carboxylic acid groups (broad SMARTS) is 1. The Hall–Kier alpha value is -1.22. The number of carbonyl (C=O) groups is 1. The molecule has 1 aliphatic heterocycles. The van der Waals surface area contributed by atoms with Gasteiger partial charge in [-0.05, 0) is 44.4 Å². The number of aliphatic carboxylic acids is 1. The summed E-state index contributed by atoms with van der Waals surface area (Å²) in [5.74, 6) is -0.690. The molecule has 1 N–H and O–H groups in total. The molecule has 4 heteroatoms. The van der Waals surface area contributed by atoms with Crippen LogP contribution < -0.4 is 4.90 Å². The topological polar surface area (TPSA) is 40.5 Å². The summed E-state index contributed by atoms with van der Waals surface area (Å²) >= 11 is 6.12. The van der Waals surface area contributed by atoms with Crippen molar-refractivity contribution in [1.29, 1.82) is 0 Å². The lowest BCUT2D eigenvalue weighted by molar-refractivity contribution is -0.149. The normalized spacial score (nSPS) is 18.7. The molecule has 0 radical (unpaired) electrons. The van der Waals surface area contributed by atoms with Crippen LogP contribution in [0.2, 0.25) is 5.02 Å². The highest BCUT2D eigenvalue weighted by molar-refractivity contribution is 6.31. The second-order valence-corrected chi connectivity index (χ2v) is 5.64. The van der Waals surface area contributed by atoms with Crippen LogP contribution >= 0.6 is 11.6 Å². The molecule has 1 heterocycles. The van der Waals surface area contributed by atoms with Gasteiger partial charge in [-0.15, -0.1) is 0 Å². The van der Waals surface area contributed by atoms with Gasteiger partial charge in [0.15, 0.2) is 0 Å². The largest absolute Gasteiger partial charge is 0.481 e. The van der Waals surface area contributed by atoms with Gasteiger partial charge >= 0.3 is 5.97 Å². The molecule has 0 aliphatic carbocycles. The van der Waals surface area contributed by atoms with Crippen molar-refractivity contribution in [3.8, 4) is 0 Å². The van der Waals surface area contributed by atoms with Gasteiger partial charge in [0.05, 0.1) is 5.41 Å². The zero-order valence-electron chi connectivity index (χ0n) is 10.7. The predicted octanol–water partition coefficient (Wildman–Crippen LogP) is 3.34. The lowest BCUT2D eigenvalue weighted by Crippen LogP contribution is -2.42. The highest BCUT2D eigenvalue weighted by atomic mass is 35.5. The Morgan fingerprint density at radius 2 is 2.00 bits per heavy atom. The molecule has 2 rings (SSSR count). The van der Waals surface area contributed by atoms with E-state index < -0.39 is 11.4 Å². The summed E-state index contributed by atoms with van der Waals surface area (Å²) in [6.07, 6.45) is 1.35. The number of rotatable bonds is 2. The Morgan fingerprint density at radius 1 is 1.39 bits per heavy atom. The third kappa shape index (κ3) is 2.32. The molecule has 0 bridgehead atoms. The fourth-order valence-electron chi connectivity index (χ4n) is 2.39. The van der Waals surface area contributed by atoms with E-state index in [9.17, 15) is 9.90 Å². The third-order valence-corrected chi connectivity index (χ3v) is 4.37. The van der Waals surface area contributed by atoms with E-state index in [2.05, 4.69) is 4.90 Å². The number of nitrogens with zero attached hydrogens (tertiary/aromatic N) is 1. The van der Waals surface area contributed by atoms with Gasteiger partial charge in [0.25, 0.3) is 0 Å². The molecule has 1 fully saturated rings. The number of hydrogen-bond donors (Lipinski definition) is 1. The molecule has 0 unspecified atom stereocenters. The van der Waals surface area contributed by atoms with Crippen LogP contribution in [0.15, 0.2) is 18.2 Å². The van der Waals surface area contributed by atoms with Crippen LogP contribution in [0, 0.1) is 12.3 Å². The summed E-state index contributed by atoms with van der Waals surface area (Å²) in [4.78, 5) is 13.4. The van der Waals surface area contributed by atoms with Gasteiger partial charge in [-0.2, -0.15) is 0 Å². The van der Waals surface area contributed by atoms with Crippen LogP contribution in [0.3, 0.4) is 0 Å². The molecule has 0 amide bonds. The second-order valence-electron chi connectivity index (χ2n) is 5.24. The summed E-state index contributed by atoms with van der Waals surface area (Å²) in [6.45, 7) is 5.37. The van der Waals surface area contributed by atoms with Crippen LogP contribution in [0.1, 0.15) is 25.3 Å². The Kier molecular flexibility index (Phi) is 3.53. The number of piperidine rings is 1. The Bertz CT molecular complexity index is 465. The first-order valence-electron chi connectivity index (χ1n) is 6.17. The molecule has 18 heavy (non-hydrogen) atoms. The van der Waals surface area contributed by atoms with Crippen molar-refractivity contribution in [2.24, 2.45) is 5.41 Å². The fourth-order valence-corrected chi connectivity index (χ4v) is 2.56. The summed E-state index contributed by atoms with van der Waals surface area (Å²) in [6, 6.07) is 5.87. The van der Waals surface area contributed by atoms with E-state index in [0.29, 0.717) is 12.8 Å². The average molecular weight is 268 g/mol. The van der Waals surface area contributed by atoms with Gasteiger partial charge in [0, 0.05) is 23.8 Å². The molecule has 3 nitrogen and oxygen atoms in total. The standard InChI is InChI=1S/C14H18ClNO2/c1-10-11(15)4-3-5-12(10)16-8-6-14(2,7-9-16)13(17)18/h3-5H,6-9H2,1-2H3,(H,17,18). The lowest BCUT2D eigenvalue weighted by atomic mass is 9.80. The molecule has 0 aromatic heterocycles. The van der Waals surface area contributed by atoms with Crippen LogP contribution in [0.5, 0.6) is 0 Å². The van der Waals surface area contributed by atoms with Gasteiger partial charge < -0.3 is 10.0 Å². The van der Waals surface area contributed by atoms with E-state index in [-0.39, 0.29) is 0 Å². The van der Waals surface area contributed by atoms with E-state index in [0.717, 1.165) is 29.4 Å². The molecular weight excluding hydrogens is 250 g/mol. The van der Waals surface area contributed by atoms with Crippen LogP contribution in [-0.4, -0.2) is 24.2 Å².